The predicted molar refractivity (Wildman–Crippen MR) is 72.6 cm³/mol. The molecule has 4 heteroatoms. The summed E-state index contributed by atoms with van der Waals surface area (Å²) < 4.78 is 5.69. The van der Waals surface area contributed by atoms with E-state index in [9.17, 15) is 0 Å². The number of nitrogens with zero attached hydrogens (tertiary/aromatic N) is 2. The standard InChI is InChI=1S/C14H23N3O/c1-12(15)13-5-6-16-14(11-13)18-10-9-17-7-3-2-4-8-17/h5-6,11-12H,2-4,7-10,15H2,1H3/t12-/m0/s1. The second kappa shape index (κ2) is 6.71. The summed E-state index contributed by atoms with van der Waals surface area (Å²) in [5.74, 6) is 0.682. The Bertz CT molecular complexity index is 362. The molecule has 0 aromatic carbocycles. The summed E-state index contributed by atoms with van der Waals surface area (Å²) in [5, 5.41) is 0. The molecular weight excluding hydrogens is 226 g/mol. The Balaban J connectivity index is 1.77. The number of hydrogen-bond donors (Lipinski definition) is 1. The van der Waals surface area contributed by atoms with Crippen molar-refractivity contribution in [3.63, 3.8) is 0 Å². The van der Waals surface area contributed by atoms with Gasteiger partial charge in [0, 0.05) is 24.8 Å². The number of pyridine rings is 1. The minimum atomic E-state index is 0.0254. The molecule has 2 N–H and O–H groups in total. The topological polar surface area (TPSA) is 51.4 Å². The van der Waals surface area contributed by atoms with Gasteiger partial charge in [-0.3, -0.25) is 4.90 Å². The Morgan fingerprint density at radius 2 is 2.17 bits per heavy atom. The second-order valence-electron chi connectivity index (χ2n) is 4.97. The summed E-state index contributed by atoms with van der Waals surface area (Å²) in [4.78, 5) is 6.67. The first kappa shape index (κ1) is 13.3. The molecule has 0 unspecified atom stereocenters. The Morgan fingerprint density at radius 3 is 2.89 bits per heavy atom. The van der Waals surface area contributed by atoms with E-state index in [1.165, 1.54) is 32.4 Å². The summed E-state index contributed by atoms with van der Waals surface area (Å²) >= 11 is 0. The lowest BCUT2D eigenvalue weighted by molar-refractivity contribution is 0.180. The molecule has 18 heavy (non-hydrogen) atoms. The van der Waals surface area contributed by atoms with Crippen LogP contribution in [-0.4, -0.2) is 36.1 Å². The monoisotopic (exact) mass is 249 g/mol. The lowest BCUT2D eigenvalue weighted by Gasteiger charge is -2.26. The lowest BCUT2D eigenvalue weighted by atomic mass is 10.1. The van der Waals surface area contributed by atoms with E-state index in [1.807, 2.05) is 19.1 Å². The van der Waals surface area contributed by atoms with Crippen molar-refractivity contribution >= 4 is 0 Å². The first-order chi connectivity index (χ1) is 8.75. The van der Waals surface area contributed by atoms with Gasteiger partial charge in [-0.1, -0.05) is 6.42 Å². The zero-order valence-electron chi connectivity index (χ0n) is 11.1. The Labute approximate surface area is 109 Å². The molecule has 0 aliphatic carbocycles. The summed E-state index contributed by atoms with van der Waals surface area (Å²) in [6.07, 6.45) is 5.76. The molecule has 1 aromatic heterocycles. The van der Waals surface area contributed by atoms with Gasteiger partial charge in [-0.2, -0.15) is 0 Å². The van der Waals surface area contributed by atoms with Gasteiger partial charge in [-0.15, -0.1) is 0 Å². The predicted octanol–water partition coefficient (Wildman–Crippen LogP) is 1.97. The van der Waals surface area contributed by atoms with Crippen LogP contribution in [0.4, 0.5) is 0 Å². The fourth-order valence-electron chi connectivity index (χ4n) is 2.25. The number of piperidine rings is 1. The molecule has 100 valence electrons. The fraction of sp³-hybridized carbons (Fsp3) is 0.643. The van der Waals surface area contributed by atoms with E-state index in [0.717, 1.165) is 12.1 Å². The minimum Gasteiger partial charge on any atom is -0.476 e. The molecule has 0 amide bonds. The molecule has 2 rings (SSSR count). The minimum absolute atomic E-state index is 0.0254. The van der Waals surface area contributed by atoms with Crippen LogP contribution in [0.1, 0.15) is 37.8 Å². The highest BCUT2D eigenvalue weighted by atomic mass is 16.5. The number of aromatic nitrogens is 1. The molecule has 4 nitrogen and oxygen atoms in total. The van der Waals surface area contributed by atoms with Crippen molar-refractivity contribution in [2.45, 2.75) is 32.2 Å². The van der Waals surface area contributed by atoms with E-state index in [2.05, 4.69) is 9.88 Å². The molecule has 0 bridgehead atoms. The molecular formula is C14H23N3O. The Morgan fingerprint density at radius 1 is 1.39 bits per heavy atom. The summed E-state index contributed by atoms with van der Waals surface area (Å²) in [6.45, 7) is 6.07. The summed E-state index contributed by atoms with van der Waals surface area (Å²) in [7, 11) is 0. The maximum absolute atomic E-state index is 5.84. The molecule has 0 spiro atoms. The third-order valence-electron chi connectivity index (χ3n) is 3.39. The molecule has 1 aliphatic rings. The second-order valence-corrected chi connectivity index (χ2v) is 4.97. The van der Waals surface area contributed by atoms with Crippen LogP contribution in [0.3, 0.4) is 0 Å². The first-order valence-electron chi connectivity index (χ1n) is 6.82. The van der Waals surface area contributed by atoms with E-state index in [-0.39, 0.29) is 6.04 Å². The van der Waals surface area contributed by atoms with E-state index in [0.29, 0.717) is 12.5 Å². The van der Waals surface area contributed by atoms with Gasteiger partial charge in [0.1, 0.15) is 6.61 Å². The largest absolute Gasteiger partial charge is 0.476 e. The van der Waals surface area contributed by atoms with Crippen molar-refractivity contribution in [2.75, 3.05) is 26.2 Å². The average molecular weight is 249 g/mol. The zero-order chi connectivity index (χ0) is 12.8. The maximum Gasteiger partial charge on any atom is 0.213 e. The van der Waals surface area contributed by atoms with Gasteiger partial charge in [0.15, 0.2) is 0 Å². The number of ether oxygens (including phenoxy) is 1. The van der Waals surface area contributed by atoms with Crippen LogP contribution in [0.15, 0.2) is 18.3 Å². The quantitative estimate of drug-likeness (QED) is 0.866. The van der Waals surface area contributed by atoms with Gasteiger partial charge < -0.3 is 10.5 Å². The fourth-order valence-corrected chi connectivity index (χ4v) is 2.25. The third-order valence-corrected chi connectivity index (χ3v) is 3.39. The van der Waals surface area contributed by atoms with E-state index in [4.69, 9.17) is 10.5 Å². The van der Waals surface area contributed by atoms with Crippen molar-refractivity contribution in [3.8, 4) is 5.88 Å². The van der Waals surface area contributed by atoms with Crippen molar-refractivity contribution in [2.24, 2.45) is 5.73 Å². The van der Waals surface area contributed by atoms with Gasteiger partial charge in [-0.05, 0) is 44.5 Å². The molecule has 1 aliphatic heterocycles. The first-order valence-corrected chi connectivity index (χ1v) is 6.82. The van der Waals surface area contributed by atoms with E-state index < -0.39 is 0 Å². The van der Waals surface area contributed by atoms with Crippen LogP contribution in [0, 0.1) is 0 Å². The number of hydrogen-bond acceptors (Lipinski definition) is 4. The molecule has 0 radical (unpaired) electrons. The highest BCUT2D eigenvalue weighted by molar-refractivity contribution is 5.22. The Hall–Kier alpha value is -1.13. The van der Waals surface area contributed by atoms with Crippen LogP contribution in [0.2, 0.25) is 0 Å². The SMILES string of the molecule is C[C@H](N)c1ccnc(OCCN2CCCCC2)c1. The maximum atomic E-state index is 5.84. The van der Waals surface area contributed by atoms with Crippen LogP contribution in [0.5, 0.6) is 5.88 Å². The Kier molecular flexibility index (Phi) is 4.96. The van der Waals surface area contributed by atoms with Crippen molar-refractivity contribution in [3.05, 3.63) is 23.9 Å². The van der Waals surface area contributed by atoms with Gasteiger partial charge in [0.05, 0.1) is 0 Å². The van der Waals surface area contributed by atoms with Gasteiger partial charge in [0.2, 0.25) is 5.88 Å². The summed E-state index contributed by atoms with van der Waals surface area (Å²) in [6, 6.07) is 3.89. The smallest absolute Gasteiger partial charge is 0.213 e. The van der Waals surface area contributed by atoms with Crippen molar-refractivity contribution in [1.82, 2.24) is 9.88 Å². The average Bonchev–Trinajstić information content (AvgIpc) is 2.40. The van der Waals surface area contributed by atoms with Crippen LogP contribution < -0.4 is 10.5 Å². The number of nitrogens with two attached hydrogens (primary N) is 1. The molecule has 1 fully saturated rings. The molecule has 0 saturated carbocycles. The number of likely N-dealkylation sites (tertiary alicyclic amines) is 1. The molecule has 1 atom stereocenters. The zero-order valence-corrected chi connectivity index (χ0v) is 11.1. The van der Waals surface area contributed by atoms with Crippen LogP contribution in [0.25, 0.3) is 0 Å². The van der Waals surface area contributed by atoms with Gasteiger partial charge >= 0.3 is 0 Å². The highest BCUT2D eigenvalue weighted by Gasteiger charge is 2.09. The third kappa shape index (κ3) is 3.96. The normalized spacial score (nSPS) is 18.6. The molecule has 1 saturated heterocycles. The lowest BCUT2D eigenvalue weighted by Crippen LogP contribution is -2.33. The van der Waals surface area contributed by atoms with Gasteiger partial charge in [-0.25, -0.2) is 4.98 Å². The van der Waals surface area contributed by atoms with Crippen LogP contribution >= 0.6 is 0 Å². The van der Waals surface area contributed by atoms with E-state index in [1.54, 1.807) is 6.20 Å². The molecule has 2 heterocycles. The summed E-state index contributed by atoms with van der Waals surface area (Å²) in [5.41, 5.74) is 6.90. The van der Waals surface area contributed by atoms with Crippen molar-refractivity contribution in [1.29, 1.82) is 0 Å². The van der Waals surface area contributed by atoms with Crippen LogP contribution in [-0.2, 0) is 0 Å². The number of rotatable bonds is 5. The molecule has 1 aromatic rings. The highest BCUT2D eigenvalue weighted by Crippen LogP contribution is 2.14. The van der Waals surface area contributed by atoms with E-state index >= 15 is 0 Å². The van der Waals surface area contributed by atoms with Crippen molar-refractivity contribution < 1.29 is 4.74 Å². The van der Waals surface area contributed by atoms with Gasteiger partial charge in [0.25, 0.3) is 0 Å².